The van der Waals surface area contributed by atoms with Gasteiger partial charge in [-0.25, -0.2) is 0 Å². The second-order valence-corrected chi connectivity index (χ2v) is 10.4. The van der Waals surface area contributed by atoms with Crippen LogP contribution >= 0.6 is 11.6 Å². The molecule has 0 bridgehead atoms. The Balaban J connectivity index is 1.98. The van der Waals surface area contributed by atoms with E-state index in [0.29, 0.717) is 48.7 Å². The second kappa shape index (κ2) is 13.0. The van der Waals surface area contributed by atoms with E-state index in [9.17, 15) is 9.90 Å². The number of hydrogen-bond donors (Lipinski definition) is 2. The molecule has 8 heteroatoms. The highest BCUT2D eigenvalue weighted by Crippen LogP contribution is 2.52. The zero-order chi connectivity index (χ0) is 27.9. The number of halogens is 1. The van der Waals surface area contributed by atoms with Crippen LogP contribution in [-0.2, 0) is 38.4 Å². The molecule has 208 valence electrons. The van der Waals surface area contributed by atoms with E-state index in [1.807, 2.05) is 42.5 Å². The van der Waals surface area contributed by atoms with Crippen molar-refractivity contribution in [1.82, 2.24) is 9.88 Å². The molecule has 1 aliphatic rings. The van der Waals surface area contributed by atoms with Crippen molar-refractivity contribution in [2.24, 2.45) is 5.73 Å². The van der Waals surface area contributed by atoms with Crippen molar-refractivity contribution in [3.8, 4) is 11.1 Å². The normalized spacial score (nSPS) is 19.1. The first kappa shape index (κ1) is 29.2. The first-order valence-corrected chi connectivity index (χ1v) is 13.9. The molecule has 1 aromatic heterocycles. The number of morpholine rings is 1. The molecule has 1 saturated heterocycles. The monoisotopic (exact) mass is 551 g/mol. The third-order valence-electron chi connectivity index (χ3n) is 7.69. The Labute approximate surface area is 235 Å². The molecule has 0 unspecified atom stereocenters. The van der Waals surface area contributed by atoms with Gasteiger partial charge in [-0.15, -0.1) is 0 Å². The van der Waals surface area contributed by atoms with Crippen LogP contribution in [0.4, 0.5) is 0 Å². The van der Waals surface area contributed by atoms with E-state index in [-0.39, 0.29) is 13.2 Å². The highest BCUT2D eigenvalue weighted by Gasteiger charge is 2.57. The van der Waals surface area contributed by atoms with Gasteiger partial charge in [0.25, 0.3) is 0 Å². The number of aryl methyl sites for hydroxylation is 1. The maximum atomic E-state index is 13.1. The summed E-state index contributed by atoms with van der Waals surface area (Å²) in [6.45, 7) is 3.82. The molecule has 3 aromatic rings. The number of carbonyl (C=O) groups excluding carboxylic acids is 1. The fourth-order valence-corrected chi connectivity index (χ4v) is 5.86. The molecule has 4 rings (SSSR count). The molecule has 2 atom stereocenters. The lowest BCUT2D eigenvalue weighted by Gasteiger charge is -2.52. The molecular weight excluding hydrogens is 514 g/mol. The van der Waals surface area contributed by atoms with E-state index in [0.717, 1.165) is 36.1 Å². The molecule has 7 nitrogen and oxygen atoms in total. The lowest BCUT2D eigenvalue weighted by molar-refractivity contribution is -0.230. The van der Waals surface area contributed by atoms with E-state index in [1.165, 1.54) is 5.56 Å². The van der Waals surface area contributed by atoms with Gasteiger partial charge in [0.05, 0.1) is 18.8 Å². The van der Waals surface area contributed by atoms with Crippen molar-refractivity contribution in [2.75, 3.05) is 33.4 Å². The summed E-state index contributed by atoms with van der Waals surface area (Å²) in [5.41, 5.74) is 7.83. The van der Waals surface area contributed by atoms with Gasteiger partial charge in [0.1, 0.15) is 11.2 Å². The summed E-state index contributed by atoms with van der Waals surface area (Å²) in [5.74, 6) is 0. The van der Waals surface area contributed by atoms with Crippen LogP contribution in [0.15, 0.2) is 60.8 Å². The SMILES string of the molecule is CCc1cccc(-c2c(Cl)cccc2[C@](O)(CCCCOC)[C@@]2(c3ccc(CN)nc3)CN(C=O)CCO2)c1. The molecule has 2 heterocycles. The van der Waals surface area contributed by atoms with Crippen molar-refractivity contribution in [3.63, 3.8) is 0 Å². The van der Waals surface area contributed by atoms with Crippen LogP contribution in [0.1, 0.15) is 48.6 Å². The number of amides is 1. The summed E-state index contributed by atoms with van der Waals surface area (Å²) >= 11 is 6.91. The second-order valence-electron chi connectivity index (χ2n) is 10.0. The molecule has 3 N–H and O–H groups in total. The Bertz CT molecular complexity index is 1250. The van der Waals surface area contributed by atoms with Gasteiger partial charge in [0, 0.05) is 49.2 Å². The van der Waals surface area contributed by atoms with Crippen LogP contribution < -0.4 is 5.73 Å². The van der Waals surface area contributed by atoms with E-state index >= 15 is 0 Å². The fraction of sp³-hybridized carbons (Fsp3) is 0.419. The minimum atomic E-state index is -1.57. The molecule has 39 heavy (non-hydrogen) atoms. The number of carbonyl (C=O) groups is 1. The van der Waals surface area contributed by atoms with Gasteiger partial charge in [-0.05, 0) is 54.5 Å². The summed E-state index contributed by atoms with van der Waals surface area (Å²) in [6.07, 6.45) is 5.15. The first-order valence-electron chi connectivity index (χ1n) is 13.5. The zero-order valence-corrected chi connectivity index (χ0v) is 23.5. The van der Waals surface area contributed by atoms with Gasteiger partial charge in [-0.1, -0.05) is 61.0 Å². The fourth-order valence-electron chi connectivity index (χ4n) is 5.58. The summed E-state index contributed by atoms with van der Waals surface area (Å²) in [7, 11) is 1.67. The van der Waals surface area contributed by atoms with E-state index < -0.39 is 11.2 Å². The van der Waals surface area contributed by atoms with Crippen molar-refractivity contribution in [1.29, 1.82) is 0 Å². The van der Waals surface area contributed by atoms with Crippen molar-refractivity contribution in [2.45, 2.75) is 50.4 Å². The van der Waals surface area contributed by atoms with Crippen molar-refractivity contribution < 1.29 is 19.4 Å². The number of aromatic nitrogens is 1. The standard InChI is InChI=1S/C31H38ClN3O4/c1-3-23-8-6-9-24(18-23)29-27(10-7-11-28(29)32)30(37,14-4-5-16-38-2)31(21-35(22-36)15-17-39-31)25-12-13-26(19-33)34-20-25/h6-13,18,20,22,37H,3-5,14-17,19,21,33H2,1-2H3/t30-,31+/m1/s1. The van der Waals surface area contributed by atoms with Crippen molar-refractivity contribution >= 4 is 18.0 Å². The van der Waals surface area contributed by atoms with Gasteiger partial charge in [-0.3, -0.25) is 9.78 Å². The van der Waals surface area contributed by atoms with Gasteiger partial charge in [0.15, 0.2) is 0 Å². The molecule has 0 spiro atoms. The number of rotatable bonds is 12. The van der Waals surface area contributed by atoms with Gasteiger partial charge >= 0.3 is 0 Å². The van der Waals surface area contributed by atoms with Crippen LogP contribution in [0.3, 0.4) is 0 Å². The Morgan fingerprint density at radius 2 is 2.05 bits per heavy atom. The average molecular weight is 552 g/mol. The lowest BCUT2D eigenvalue weighted by Crippen LogP contribution is -2.61. The van der Waals surface area contributed by atoms with Crippen LogP contribution in [-0.4, -0.2) is 54.8 Å². The Morgan fingerprint density at radius 1 is 1.23 bits per heavy atom. The third kappa shape index (κ3) is 5.88. The molecule has 0 aliphatic carbocycles. The minimum Gasteiger partial charge on any atom is -0.385 e. The number of benzene rings is 2. The van der Waals surface area contributed by atoms with E-state index in [4.69, 9.17) is 26.8 Å². The van der Waals surface area contributed by atoms with Gasteiger partial charge < -0.3 is 25.2 Å². The Morgan fingerprint density at radius 3 is 2.74 bits per heavy atom. The molecule has 1 amide bonds. The van der Waals surface area contributed by atoms with Crippen molar-refractivity contribution in [3.05, 3.63) is 88.2 Å². The number of nitrogens with zero attached hydrogens (tertiary/aromatic N) is 2. The molecule has 0 radical (unpaired) electrons. The molecule has 2 aromatic carbocycles. The molecule has 1 fully saturated rings. The predicted molar refractivity (Wildman–Crippen MR) is 153 cm³/mol. The van der Waals surface area contributed by atoms with Crippen LogP contribution in [0.25, 0.3) is 11.1 Å². The van der Waals surface area contributed by atoms with E-state index in [1.54, 1.807) is 18.2 Å². The number of hydrogen-bond acceptors (Lipinski definition) is 6. The molecule has 0 saturated carbocycles. The highest BCUT2D eigenvalue weighted by molar-refractivity contribution is 6.33. The number of ether oxygens (including phenoxy) is 2. The number of unbranched alkanes of at least 4 members (excludes halogenated alkanes) is 1. The number of aliphatic hydroxyl groups is 1. The summed E-state index contributed by atoms with van der Waals surface area (Å²) in [5, 5.41) is 13.7. The molecular formula is C31H38ClN3O4. The zero-order valence-electron chi connectivity index (χ0n) is 22.7. The van der Waals surface area contributed by atoms with Gasteiger partial charge in [0.2, 0.25) is 6.41 Å². The number of pyridine rings is 1. The average Bonchev–Trinajstić information content (AvgIpc) is 2.99. The predicted octanol–water partition coefficient (Wildman–Crippen LogP) is 4.81. The van der Waals surface area contributed by atoms with Crippen LogP contribution in [0.2, 0.25) is 5.02 Å². The molecule has 1 aliphatic heterocycles. The summed E-state index contributed by atoms with van der Waals surface area (Å²) < 4.78 is 11.9. The Kier molecular flexibility index (Phi) is 9.75. The maximum absolute atomic E-state index is 13.1. The summed E-state index contributed by atoms with van der Waals surface area (Å²) in [6, 6.07) is 17.6. The smallest absolute Gasteiger partial charge is 0.209 e. The Hall–Kier alpha value is -2.81. The number of nitrogens with two attached hydrogens (primary N) is 1. The van der Waals surface area contributed by atoms with E-state index in [2.05, 4.69) is 24.0 Å². The third-order valence-corrected chi connectivity index (χ3v) is 8.01. The first-order chi connectivity index (χ1) is 18.9. The van der Waals surface area contributed by atoms with Gasteiger partial charge in [-0.2, -0.15) is 0 Å². The quantitative estimate of drug-likeness (QED) is 0.247. The lowest BCUT2D eigenvalue weighted by atomic mass is 9.68. The minimum absolute atomic E-state index is 0.155. The summed E-state index contributed by atoms with van der Waals surface area (Å²) in [4.78, 5) is 18.3. The largest absolute Gasteiger partial charge is 0.385 e. The topological polar surface area (TPSA) is 97.9 Å². The van der Waals surface area contributed by atoms with Crippen LogP contribution in [0.5, 0.6) is 0 Å². The van der Waals surface area contributed by atoms with Crippen LogP contribution in [0, 0.1) is 0 Å². The highest BCUT2D eigenvalue weighted by atomic mass is 35.5. The maximum Gasteiger partial charge on any atom is 0.209 e. The number of methoxy groups -OCH3 is 1.